The summed E-state index contributed by atoms with van der Waals surface area (Å²) >= 11 is 18.6. The molecule has 0 spiro atoms. The Bertz CT molecular complexity index is 1770. The molecule has 0 atom stereocenters. The lowest BCUT2D eigenvalue weighted by molar-refractivity contribution is -0.113. The second-order valence-electron chi connectivity index (χ2n) is 11.1. The minimum Gasteiger partial charge on any atom is -0.496 e. The van der Waals surface area contributed by atoms with Gasteiger partial charge in [0, 0.05) is 45.0 Å². The first-order valence-corrected chi connectivity index (χ1v) is 15.2. The molecule has 6 rings (SSSR count). The van der Waals surface area contributed by atoms with E-state index in [0.29, 0.717) is 69.5 Å². The summed E-state index contributed by atoms with van der Waals surface area (Å²) < 4.78 is 19.4. The Morgan fingerprint density at radius 3 is 2.55 bits per heavy atom. The molecule has 3 aromatic carbocycles. The van der Waals surface area contributed by atoms with Gasteiger partial charge in [0.2, 0.25) is 5.91 Å². The van der Waals surface area contributed by atoms with Gasteiger partial charge in [0.25, 0.3) is 5.91 Å². The molecule has 1 aromatic heterocycles. The maximum atomic E-state index is 14.1. The third-order valence-electron chi connectivity index (χ3n) is 7.68. The molecule has 0 unspecified atom stereocenters. The molecule has 0 aliphatic carbocycles. The standard InChI is InChI=1S/C32H29Cl3N4O5/c1-32(2)17-43-8-7-38(32)31(41)29-25-16-44-27-14-26(42-3)23(18-5-4-6-21(9-18)36-28(40)15-33)13-24(27)30(25)39(37-29)22-11-19(34)10-20(35)12-22/h4-6,9-14H,7-8,15-17H2,1-3H3,(H,36,40). The fraction of sp³-hybridized carbons (Fsp3) is 0.281. The van der Waals surface area contributed by atoms with E-state index in [1.807, 2.05) is 44.2 Å². The Kier molecular flexibility index (Phi) is 8.24. The monoisotopic (exact) mass is 654 g/mol. The Balaban J connectivity index is 1.55. The SMILES string of the molecule is COc1cc2c(cc1-c1cccc(NC(=O)CCl)c1)-c1c(c(C(=O)N3CCOCC3(C)C)nn1-c1cc(Cl)cc(Cl)c1)CO2. The number of benzene rings is 3. The van der Waals surface area contributed by atoms with Gasteiger partial charge in [0.15, 0.2) is 5.69 Å². The molecule has 0 saturated carbocycles. The van der Waals surface area contributed by atoms with Gasteiger partial charge < -0.3 is 24.4 Å². The third-order valence-corrected chi connectivity index (χ3v) is 8.36. The highest BCUT2D eigenvalue weighted by atomic mass is 35.5. The summed E-state index contributed by atoms with van der Waals surface area (Å²) in [6, 6.07) is 16.2. The number of ether oxygens (including phenoxy) is 3. The number of fused-ring (bicyclic) bond motifs is 3. The topological polar surface area (TPSA) is 94.9 Å². The summed E-state index contributed by atoms with van der Waals surface area (Å²) in [6.45, 7) is 5.35. The first-order valence-electron chi connectivity index (χ1n) is 13.9. The van der Waals surface area contributed by atoms with E-state index in [4.69, 9.17) is 54.1 Å². The number of carbonyl (C=O) groups excluding carboxylic acids is 2. The lowest BCUT2D eigenvalue weighted by Gasteiger charge is -2.41. The fourth-order valence-corrected chi connectivity index (χ4v) is 6.20. The molecule has 2 amide bonds. The molecule has 228 valence electrons. The quantitative estimate of drug-likeness (QED) is 0.229. The van der Waals surface area contributed by atoms with Crippen LogP contribution in [0.1, 0.15) is 29.9 Å². The van der Waals surface area contributed by atoms with Crippen LogP contribution in [-0.4, -0.2) is 64.8 Å². The molecule has 2 aliphatic rings. The zero-order chi connectivity index (χ0) is 31.2. The van der Waals surface area contributed by atoms with Crippen LogP contribution in [0.3, 0.4) is 0 Å². The van der Waals surface area contributed by atoms with Crippen LogP contribution >= 0.6 is 34.8 Å². The van der Waals surface area contributed by atoms with Crippen molar-refractivity contribution < 1.29 is 23.8 Å². The molecule has 44 heavy (non-hydrogen) atoms. The summed E-state index contributed by atoms with van der Waals surface area (Å²) in [5.41, 5.74) is 4.47. The maximum Gasteiger partial charge on any atom is 0.275 e. The molecular formula is C32H29Cl3N4O5. The van der Waals surface area contributed by atoms with Gasteiger partial charge in [-0.2, -0.15) is 5.10 Å². The molecule has 4 aromatic rings. The van der Waals surface area contributed by atoms with Crippen LogP contribution in [0.15, 0.2) is 54.6 Å². The summed E-state index contributed by atoms with van der Waals surface area (Å²) in [5, 5.41) is 8.52. The largest absolute Gasteiger partial charge is 0.496 e. The van der Waals surface area contributed by atoms with Crippen LogP contribution in [0.25, 0.3) is 28.1 Å². The first-order chi connectivity index (χ1) is 21.1. The number of alkyl halides is 1. The van der Waals surface area contributed by atoms with Crippen molar-refractivity contribution in [3.05, 3.63) is 75.9 Å². The normalized spacial score (nSPS) is 15.2. The van der Waals surface area contributed by atoms with E-state index in [9.17, 15) is 9.59 Å². The van der Waals surface area contributed by atoms with E-state index in [0.717, 1.165) is 11.1 Å². The van der Waals surface area contributed by atoms with Crippen LogP contribution in [0.4, 0.5) is 5.69 Å². The number of hydrogen-bond acceptors (Lipinski definition) is 6. The molecule has 3 heterocycles. The molecule has 0 bridgehead atoms. The van der Waals surface area contributed by atoms with E-state index in [-0.39, 0.29) is 30.0 Å². The van der Waals surface area contributed by atoms with Gasteiger partial charge in [0.1, 0.15) is 24.0 Å². The van der Waals surface area contributed by atoms with Crippen LogP contribution < -0.4 is 14.8 Å². The van der Waals surface area contributed by atoms with Crippen molar-refractivity contribution in [1.82, 2.24) is 14.7 Å². The molecule has 0 radical (unpaired) electrons. The number of morpholine rings is 1. The minimum absolute atomic E-state index is 0.116. The van der Waals surface area contributed by atoms with Gasteiger partial charge in [-0.3, -0.25) is 9.59 Å². The highest BCUT2D eigenvalue weighted by Gasteiger charge is 2.39. The van der Waals surface area contributed by atoms with E-state index < -0.39 is 5.54 Å². The zero-order valence-electron chi connectivity index (χ0n) is 24.2. The minimum atomic E-state index is -0.525. The highest BCUT2D eigenvalue weighted by molar-refractivity contribution is 6.35. The number of methoxy groups -OCH3 is 1. The summed E-state index contributed by atoms with van der Waals surface area (Å²) in [4.78, 5) is 27.9. The fourth-order valence-electron chi connectivity index (χ4n) is 5.62. The lowest BCUT2D eigenvalue weighted by atomic mass is 9.95. The summed E-state index contributed by atoms with van der Waals surface area (Å²) in [5.74, 6) is 0.432. The second-order valence-corrected chi connectivity index (χ2v) is 12.3. The van der Waals surface area contributed by atoms with Crippen molar-refractivity contribution in [1.29, 1.82) is 0 Å². The van der Waals surface area contributed by atoms with Gasteiger partial charge in [-0.05, 0) is 55.8 Å². The number of carbonyl (C=O) groups is 2. The smallest absolute Gasteiger partial charge is 0.275 e. The third kappa shape index (κ3) is 5.61. The van der Waals surface area contributed by atoms with Crippen molar-refractivity contribution >= 4 is 52.3 Å². The van der Waals surface area contributed by atoms with Crippen molar-refractivity contribution in [3.8, 4) is 39.6 Å². The molecule has 1 fully saturated rings. The van der Waals surface area contributed by atoms with Crippen LogP contribution in [0.5, 0.6) is 11.5 Å². The molecule has 2 aliphatic heterocycles. The predicted octanol–water partition coefficient (Wildman–Crippen LogP) is 6.84. The molecule has 9 nitrogen and oxygen atoms in total. The van der Waals surface area contributed by atoms with Gasteiger partial charge in [-0.15, -0.1) is 11.6 Å². The maximum absolute atomic E-state index is 14.1. The van der Waals surface area contributed by atoms with Crippen LogP contribution in [0.2, 0.25) is 10.0 Å². The van der Waals surface area contributed by atoms with E-state index in [1.54, 1.807) is 41.0 Å². The highest BCUT2D eigenvalue weighted by Crippen LogP contribution is 2.46. The van der Waals surface area contributed by atoms with E-state index in [1.165, 1.54) is 0 Å². The van der Waals surface area contributed by atoms with Crippen LogP contribution in [0, 0.1) is 0 Å². The molecule has 1 saturated heterocycles. The van der Waals surface area contributed by atoms with Crippen LogP contribution in [-0.2, 0) is 16.1 Å². The van der Waals surface area contributed by atoms with Gasteiger partial charge in [0.05, 0.1) is 37.2 Å². The number of amides is 2. The Hall–Kier alpha value is -3.76. The number of hydrogen-bond donors (Lipinski definition) is 1. The predicted molar refractivity (Wildman–Crippen MR) is 171 cm³/mol. The second kappa shape index (κ2) is 12.0. The van der Waals surface area contributed by atoms with E-state index >= 15 is 0 Å². The summed E-state index contributed by atoms with van der Waals surface area (Å²) in [7, 11) is 1.58. The number of nitrogens with zero attached hydrogens (tertiary/aromatic N) is 3. The lowest BCUT2D eigenvalue weighted by Crippen LogP contribution is -2.55. The molecule has 12 heteroatoms. The first kappa shape index (κ1) is 30.3. The zero-order valence-corrected chi connectivity index (χ0v) is 26.5. The average molecular weight is 656 g/mol. The number of nitrogens with one attached hydrogen (secondary N) is 1. The Morgan fingerprint density at radius 2 is 1.84 bits per heavy atom. The van der Waals surface area contributed by atoms with E-state index in [2.05, 4.69) is 5.32 Å². The molecule has 1 N–H and O–H groups in total. The van der Waals surface area contributed by atoms with Gasteiger partial charge in [-0.1, -0.05) is 35.3 Å². The van der Waals surface area contributed by atoms with Crippen molar-refractivity contribution in [3.63, 3.8) is 0 Å². The van der Waals surface area contributed by atoms with Gasteiger partial charge >= 0.3 is 0 Å². The number of anilines is 1. The Morgan fingerprint density at radius 1 is 1.07 bits per heavy atom. The average Bonchev–Trinajstić information content (AvgIpc) is 3.40. The Labute approximate surface area is 269 Å². The van der Waals surface area contributed by atoms with Crippen molar-refractivity contribution in [2.45, 2.75) is 26.0 Å². The van der Waals surface area contributed by atoms with Gasteiger partial charge in [-0.25, -0.2) is 4.68 Å². The summed E-state index contributed by atoms with van der Waals surface area (Å²) in [6.07, 6.45) is 0. The molecular weight excluding hydrogens is 627 g/mol. The number of aromatic nitrogens is 2. The number of halogens is 3. The number of rotatable bonds is 6. The van der Waals surface area contributed by atoms with Crippen molar-refractivity contribution in [2.24, 2.45) is 0 Å². The van der Waals surface area contributed by atoms with Crippen molar-refractivity contribution in [2.75, 3.05) is 38.1 Å².